The van der Waals surface area contributed by atoms with Crippen LogP contribution in [-0.2, 0) is 6.54 Å². The number of nitrogens with zero attached hydrogens (tertiary/aromatic N) is 1. The lowest BCUT2D eigenvalue weighted by molar-refractivity contribution is 0.469. The van der Waals surface area contributed by atoms with Crippen molar-refractivity contribution in [3.05, 3.63) is 58.6 Å². The Bertz CT molecular complexity index is 605. The van der Waals surface area contributed by atoms with Crippen molar-refractivity contribution in [1.29, 1.82) is 5.26 Å². The van der Waals surface area contributed by atoms with E-state index in [0.29, 0.717) is 22.8 Å². The Balaban J connectivity index is 2.18. The Morgan fingerprint density at radius 2 is 2.00 bits per heavy atom. The van der Waals surface area contributed by atoms with E-state index in [4.69, 9.17) is 16.9 Å². The summed E-state index contributed by atoms with van der Waals surface area (Å²) in [5.74, 6) is 0.227. The van der Waals surface area contributed by atoms with E-state index in [0.717, 1.165) is 5.56 Å². The van der Waals surface area contributed by atoms with Gasteiger partial charge in [0, 0.05) is 17.1 Å². The molecule has 0 unspecified atom stereocenters. The first-order valence-electron chi connectivity index (χ1n) is 5.41. The third-order valence-corrected chi connectivity index (χ3v) is 2.80. The first-order valence-corrected chi connectivity index (χ1v) is 5.79. The number of hydrogen-bond donors (Lipinski definition) is 2. The molecule has 18 heavy (non-hydrogen) atoms. The molecule has 0 amide bonds. The summed E-state index contributed by atoms with van der Waals surface area (Å²) in [6, 6.07) is 14.2. The lowest BCUT2D eigenvalue weighted by atomic mass is 10.1. The van der Waals surface area contributed by atoms with E-state index in [1.54, 1.807) is 30.3 Å². The average molecular weight is 259 g/mol. The topological polar surface area (TPSA) is 56.0 Å². The van der Waals surface area contributed by atoms with Crippen LogP contribution in [0.4, 0.5) is 5.69 Å². The van der Waals surface area contributed by atoms with Gasteiger partial charge in [-0.05, 0) is 24.3 Å². The third kappa shape index (κ3) is 2.73. The number of nitriles is 1. The predicted molar refractivity (Wildman–Crippen MR) is 71.6 cm³/mol. The standard InChI is InChI=1S/C14H11ClN2O/c15-12-6-5-10(8-16)13(7-12)17-9-11-3-1-2-4-14(11)18/h1-7,17-18H,9H2. The monoisotopic (exact) mass is 258 g/mol. The molecule has 0 saturated heterocycles. The molecule has 0 aliphatic rings. The number of anilines is 1. The van der Waals surface area contributed by atoms with Crippen LogP contribution in [0, 0.1) is 11.3 Å². The van der Waals surface area contributed by atoms with Crippen molar-refractivity contribution < 1.29 is 5.11 Å². The number of phenols is 1. The van der Waals surface area contributed by atoms with Crippen molar-refractivity contribution in [3.8, 4) is 11.8 Å². The number of phenolic OH excluding ortho intramolecular Hbond substituents is 1. The fourth-order valence-electron chi connectivity index (χ4n) is 1.61. The normalized spacial score (nSPS) is 9.78. The summed E-state index contributed by atoms with van der Waals surface area (Å²) < 4.78 is 0. The van der Waals surface area contributed by atoms with Crippen molar-refractivity contribution in [2.24, 2.45) is 0 Å². The van der Waals surface area contributed by atoms with Gasteiger partial charge >= 0.3 is 0 Å². The maximum atomic E-state index is 9.64. The van der Waals surface area contributed by atoms with Crippen molar-refractivity contribution in [3.63, 3.8) is 0 Å². The lowest BCUT2D eigenvalue weighted by Crippen LogP contribution is -2.01. The molecule has 2 rings (SSSR count). The number of nitrogens with one attached hydrogen (secondary N) is 1. The summed E-state index contributed by atoms with van der Waals surface area (Å²) in [5.41, 5.74) is 1.95. The lowest BCUT2D eigenvalue weighted by Gasteiger charge is -2.09. The molecule has 2 aromatic carbocycles. The van der Waals surface area contributed by atoms with E-state index in [-0.39, 0.29) is 5.75 Å². The molecule has 4 heteroatoms. The van der Waals surface area contributed by atoms with Crippen LogP contribution < -0.4 is 5.32 Å². The minimum Gasteiger partial charge on any atom is -0.508 e. The van der Waals surface area contributed by atoms with Crippen LogP contribution in [0.2, 0.25) is 5.02 Å². The fourth-order valence-corrected chi connectivity index (χ4v) is 1.78. The second-order valence-electron chi connectivity index (χ2n) is 3.78. The Morgan fingerprint density at radius 1 is 1.22 bits per heavy atom. The molecule has 90 valence electrons. The molecule has 2 N–H and O–H groups in total. The Kier molecular flexibility index (Phi) is 3.71. The second kappa shape index (κ2) is 5.44. The van der Waals surface area contributed by atoms with Gasteiger partial charge in [0.05, 0.1) is 11.3 Å². The van der Waals surface area contributed by atoms with Gasteiger partial charge in [0.2, 0.25) is 0 Å². The molecule has 0 bridgehead atoms. The van der Waals surface area contributed by atoms with E-state index in [9.17, 15) is 5.11 Å². The summed E-state index contributed by atoms with van der Waals surface area (Å²) in [4.78, 5) is 0. The quantitative estimate of drug-likeness (QED) is 0.886. The summed E-state index contributed by atoms with van der Waals surface area (Å²) in [5, 5.41) is 22.3. The summed E-state index contributed by atoms with van der Waals surface area (Å²) >= 11 is 5.89. The smallest absolute Gasteiger partial charge is 0.120 e. The Labute approximate surface area is 110 Å². The number of halogens is 1. The number of benzene rings is 2. The molecule has 0 spiro atoms. The Hall–Kier alpha value is -2.18. The SMILES string of the molecule is N#Cc1ccc(Cl)cc1NCc1ccccc1O. The molecule has 0 aliphatic heterocycles. The minimum atomic E-state index is 0.227. The molecule has 0 saturated carbocycles. The summed E-state index contributed by atoms with van der Waals surface area (Å²) in [7, 11) is 0. The fraction of sp³-hybridized carbons (Fsp3) is 0.0714. The minimum absolute atomic E-state index is 0.227. The zero-order chi connectivity index (χ0) is 13.0. The van der Waals surface area contributed by atoms with Gasteiger partial charge in [0.15, 0.2) is 0 Å². The molecule has 0 fully saturated rings. The molecule has 3 nitrogen and oxygen atoms in total. The molecule has 2 aromatic rings. The highest BCUT2D eigenvalue weighted by atomic mass is 35.5. The van der Waals surface area contributed by atoms with Crippen molar-refractivity contribution >= 4 is 17.3 Å². The van der Waals surface area contributed by atoms with Gasteiger partial charge in [0.1, 0.15) is 11.8 Å². The number of para-hydroxylation sites is 1. The van der Waals surface area contributed by atoms with Crippen LogP contribution in [0.3, 0.4) is 0 Å². The van der Waals surface area contributed by atoms with E-state index in [2.05, 4.69) is 11.4 Å². The first kappa shape index (κ1) is 12.3. The molecular formula is C14H11ClN2O. The van der Waals surface area contributed by atoms with Gasteiger partial charge in [-0.3, -0.25) is 0 Å². The van der Waals surface area contributed by atoms with Gasteiger partial charge in [-0.25, -0.2) is 0 Å². The van der Waals surface area contributed by atoms with E-state index >= 15 is 0 Å². The van der Waals surface area contributed by atoms with Gasteiger partial charge in [-0.2, -0.15) is 5.26 Å². The highest BCUT2D eigenvalue weighted by Crippen LogP contribution is 2.22. The van der Waals surface area contributed by atoms with Gasteiger partial charge < -0.3 is 10.4 Å². The van der Waals surface area contributed by atoms with Gasteiger partial charge in [0.25, 0.3) is 0 Å². The zero-order valence-corrected chi connectivity index (χ0v) is 10.3. The molecule has 0 aromatic heterocycles. The number of aromatic hydroxyl groups is 1. The maximum Gasteiger partial charge on any atom is 0.120 e. The first-order chi connectivity index (χ1) is 8.70. The van der Waals surface area contributed by atoms with Crippen LogP contribution in [0.1, 0.15) is 11.1 Å². The summed E-state index contributed by atoms with van der Waals surface area (Å²) in [6.45, 7) is 0.432. The highest BCUT2D eigenvalue weighted by Gasteiger charge is 2.04. The van der Waals surface area contributed by atoms with Crippen molar-refractivity contribution in [1.82, 2.24) is 0 Å². The van der Waals surface area contributed by atoms with Crippen molar-refractivity contribution in [2.45, 2.75) is 6.54 Å². The van der Waals surface area contributed by atoms with Gasteiger partial charge in [-0.15, -0.1) is 0 Å². The van der Waals surface area contributed by atoms with Crippen LogP contribution in [0.25, 0.3) is 0 Å². The molecular weight excluding hydrogens is 248 g/mol. The maximum absolute atomic E-state index is 9.64. The average Bonchev–Trinajstić information content (AvgIpc) is 2.38. The van der Waals surface area contributed by atoms with E-state index < -0.39 is 0 Å². The highest BCUT2D eigenvalue weighted by molar-refractivity contribution is 6.30. The van der Waals surface area contributed by atoms with Crippen LogP contribution >= 0.6 is 11.6 Å². The number of rotatable bonds is 3. The predicted octanol–water partition coefficient (Wildman–Crippen LogP) is 3.53. The second-order valence-corrected chi connectivity index (χ2v) is 4.22. The van der Waals surface area contributed by atoms with E-state index in [1.165, 1.54) is 0 Å². The van der Waals surface area contributed by atoms with Gasteiger partial charge in [-0.1, -0.05) is 29.8 Å². The molecule has 0 heterocycles. The van der Waals surface area contributed by atoms with Crippen LogP contribution in [-0.4, -0.2) is 5.11 Å². The molecule has 0 aliphatic carbocycles. The van der Waals surface area contributed by atoms with Crippen LogP contribution in [0.15, 0.2) is 42.5 Å². The number of hydrogen-bond acceptors (Lipinski definition) is 3. The zero-order valence-electron chi connectivity index (χ0n) is 9.52. The third-order valence-electron chi connectivity index (χ3n) is 2.56. The largest absolute Gasteiger partial charge is 0.508 e. The Morgan fingerprint density at radius 3 is 2.72 bits per heavy atom. The van der Waals surface area contributed by atoms with Crippen molar-refractivity contribution in [2.75, 3.05) is 5.32 Å². The summed E-state index contributed by atoms with van der Waals surface area (Å²) in [6.07, 6.45) is 0. The van der Waals surface area contributed by atoms with Crippen LogP contribution in [0.5, 0.6) is 5.75 Å². The van der Waals surface area contributed by atoms with E-state index in [1.807, 2.05) is 12.1 Å². The molecule has 0 radical (unpaired) electrons. The molecule has 0 atom stereocenters.